The highest BCUT2D eigenvalue weighted by atomic mass is 35.5. The van der Waals surface area contributed by atoms with E-state index < -0.39 is 5.97 Å². The molecule has 0 saturated carbocycles. The monoisotopic (exact) mass is 390 g/mol. The number of hydrogen-bond acceptors (Lipinski definition) is 7. The van der Waals surface area contributed by atoms with E-state index >= 15 is 0 Å². The Bertz CT molecular complexity index is 863. The summed E-state index contributed by atoms with van der Waals surface area (Å²) in [6, 6.07) is 8.04. The van der Waals surface area contributed by atoms with E-state index in [9.17, 15) is 9.90 Å². The van der Waals surface area contributed by atoms with Crippen molar-refractivity contribution in [1.29, 1.82) is 0 Å². The second-order valence-electron chi connectivity index (χ2n) is 5.15. The number of rotatable bonds is 7. The Balaban J connectivity index is 2.43. The van der Waals surface area contributed by atoms with E-state index in [2.05, 4.69) is 9.98 Å². The molecular weight excluding hydrogens is 372 g/mol. The first-order chi connectivity index (χ1) is 13.0. The average Bonchev–Trinajstić information content (AvgIpc) is 2.68. The number of carbonyl (C=O) groups is 1. The molecule has 2 aromatic rings. The van der Waals surface area contributed by atoms with E-state index in [4.69, 9.17) is 25.8 Å². The first-order valence-corrected chi connectivity index (χ1v) is 8.36. The number of nitrogens with zero attached hydrogens (tertiary/aromatic N) is 2. The Labute approximate surface area is 161 Å². The largest absolute Gasteiger partial charge is 0.506 e. The molecule has 27 heavy (non-hydrogen) atoms. The van der Waals surface area contributed by atoms with Gasteiger partial charge in [-0.2, -0.15) is 0 Å². The number of aliphatic imine (C=N–C) groups is 1. The van der Waals surface area contributed by atoms with Gasteiger partial charge in [0.1, 0.15) is 16.5 Å². The summed E-state index contributed by atoms with van der Waals surface area (Å²) in [5, 5.41) is 10.8. The van der Waals surface area contributed by atoms with Crippen molar-refractivity contribution >= 4 is 35.2 Å². The lowest BCUT2D eigenvalue weighted by Crippen LogP contribution is -2.11. The second-order valence-corrected chi connectivity index (χ2v) is 5.54. The van der Waals surface area contributed by atoms with Crippen molar-refractivity contribution in [2.45, 2.75) is 6.92 Å². The van der Waals surface area contributed by atoms with Crippen LogP contribution < -0.4 is 9.47 Å². The summed E-state index contributed by atoms with van der Waals surface area (Å²) >= 11 is 5.75. The van der Waals surface area contributed by atoms with Gasteiger partial charge < -0.3 is 19.3 Å². The molecule has 0 atom stereocenters. The van der Waals surface area contributed by atoms with E-state index in [1.165, 1.54) is 38.8 Å². The number of aliphatic hydroxyl groups excluding tert-OH is 1. The molecule has 7 nitrogen and oxygen atoms in total. The molecule has 0 unspecified atom stereocenters. The molecule has 0 amide bonds. The molecule has 0 aliphatic carbocycles. The quantitative estimate of drug-likeness (QED) is 0.253. The normalized spacial score (nSPS) is 11.9. The van der Waals surface area contributed by atoms with E-state index in [-0.39, 0.29) is 23.1 Å². The molecule has 1 heterocycles. The maximum absolute atomic E-state index is 12.2. The number of methoxy groups -OCH3 is 2. The van der Waals surface area contributed by atoms with Crippen LogP contribution in [-0.4, -0.2) is 43.1 Å². The van der Waals surface area contributed by atoms with Crippen LogP contribution in [0.2, 0.25) is 5.15 Å². The van der Waals surface area contributed by atoms with Crippen LogP contribution in [0.4, 0.5) is 5.69 Å². The Hall–Kier alpha value is -3.06. The number of hydrogen-bond donors (Lipinski definition) is 1. The van der Waals surface area contributed by atoms with Crippen LogP contribution in [0.5, 0.6) is 11.5 Å². The molecule has 2 rings (SSSR count). The van der Waals surface area contributed by atoms with Crippen LogP contribution in [0, 0.1) is 0 Å². The number of benzene rings is 1. The van der Waals surface area contributed by atoms with E-state index in [0.29, 0.717) is 22.7 Å². The predicted octanol–water partition coefficient (Wildman–Crippen LogP) is 3.99. The molecule has 1 aromatic carbocycles. The van der Waals surface area contributed by atoms with Gasteiger partial charge in [0.2, 0.25) is 0 Å². The summed E-state index contributed by atoms with van der Waals surface area (Å²) in [5.74, 6) is 0.00338. The number of ether oxygens (including phenoxy) is 3. The molecule has 0 spiro atoms. The topological polar surface area (TPSA) is 90.2 Å². The van der Waals surface area contributed by atoms with Crippen LogP contribution in [0.1, 0.15) is 12.5 Å². The Morgan fingerprint density at radius 2 is 1.96 bits per heavy atom. The van der Waals surface area contributed by atoms with Gasteiger partial charge in [-0.1, -0.05) is 11.6 Å². The van der Waals surface area contributed by atoms with Crippen LogP contribution >= 0.6 is 11.6 Å². The number of aromatic nitrogens is 1. The summed E-state index contributed by atoms with van der Waals surface area (Å²) in [6.07, 6.45) is 2.57. The van der Waals surface area contributed by atoms with Gasteiger partial charge in [0.15, 0.2) is 11.5 Å². The number of carbonyl (C=O) groups excluding carboxylic acids is 1. The lowest BCUT2D eigenvalue weighted by atomic mass is 10.1. The fourth-order valence-electron chi connectivity index (χ4n) is 2.14. The lowest BCUT2D eigenvalue weighted by molar-refractivity contribution is -0.137. The fraction of sp³-hybridized carbons (Fsp3) is 0.211. The molecule has 8 heteroatoms. The van der Waals surface area contributed by atoms with E-state index in [1.807, 2.05) is 0 Å². The third-order valence-electron chi connectivity index (χ3n) is 3.46. The summed E-state index contributed by atoms with van der Waals surface area (Å²) in [4.78, 5) is 20.4. The van der Waals surface area contributed by atoms with Gasteiger partial charge in [0, 0.05) is 24.0 Å². The summed E-state index contributed by atoms with van der Waals surface area (Å²) in [7, 11) is 3.04. The zero-order valence-electron chi connectivity index (χ0n) is 15.1. The molecule has 0 aliphatic heterocycles. The van der Waals surface area contributed by atoms with Crippen molar-refractivity contribution in [1.82, 2.24) is 4.98 Å². The van der Waals surface area contributed by atoms with Crippen molar-refractivity contribution in [2.24, 2.45) is 4.99 Å². The van der Waals surface area contributed by atoms with Gasteiger partial charge in [0.25, 0.3) is 0 Å². The highest BCUT2D eigenvalue weighted by Crippen LogP contribution is 2.31. The lowest BCUT2D eigenvalue weighted by Gasteiger charge is -2.08. The number of halogens is 1. The van der Waals surface area contributed by atoms with Gasteiger partial charge in [-0.05, 0) is 31.2 Å². The summed E-state index contributed by atoms with van der Waals surface area (Å²) < 4.78 is 15.4. The Morgan fingerprint density at radius 1 is 1.22 bits per heavy atom. The first-order valence-electron chi connectivity index (χ1n) is 7.98. The zero-order valence-corrected chi connectivity index (χ0v) is 15.9. The van der Waals surface area contributed by atoms with E-state index in [0.717, 1.165) is 0 Å². The fourth-order valence-corrected chi connectivity index (χ4v) is 2.25. The summed E-state index contributed by atoms with van der Waals surface area (Å²) in [5.41, 5.74) is 0.688. The van der Waals surface area contributed by atoms with Gasteiger partial charge in [-0.15, -0.1) is 0 Å². The minimum Gasteiger partial charge on any atom is -0.506 e. The SMILES string of the molecule is CCOC(=O)/C(C=Nc1ccc(OC)c(OC)c1)=C(\O)c1ccc(Cl)nc1. The average molecular weight is 391 g/mol. The number of esters is 1. The van der Waals surface area contributed by atoms with Crippen LogP contribution in [-0.2, 0) is 9.53 Å². The molecular formula is C19H19ClN2O5. The standard InChI is InChI=1S/C19H19ClN2O5/c1-4-27-19(24)14(18(23)12-5-8-17(20)22-10-12)11-21-13-6-7-15(25-2)16(9-13)26-3/h5-11,23H,4H2,1-3H3/b18-14-,21-11?. The van der Waals surface area contributed by atoms with Crippen molar-refractivity contribution in [3.05, 3.63) is 52.8 Å². The molecule has 142 valence electrons. The van der Waals surface area contributed by atoms with Crippen LogP contribution in [0.15, 0.2) is 47.1 Å². The molecule has 1 aromatic heterocycles. The van der Waals surface area contributed by atoms with Gasteiger partial charge in [0.05, 0.1) is 26.5 Å². The molecule has 0 radical (unpaired) electrons. The highest BCUT2D eigenvalue weighted by Gasteiger charge is 2.17. The van der Waals surface area contributed by atoms with Crippen LogP contribution in [0.25, 0.3) is 5.76 Å². The van der Waals surface area contributed by atoms with Crippen molar-refractivity contribution in [3.63, 3.8) is 0 Å². The molecule has 1 N–H and O–H groups in total. The number of aliphatic hydroxyl groups is 1. The van der Waals surface area contributed by atoms with Gasteiger partial charge in [-0.3, -0.25) is 4.99 Å². The summed E-state index contributed by atoms with van der Waals surface area (Å²) in [6.45, 7) is 1.82. The Kier molecular flexibility index (Phi) is 7.19. The van der Waals surface area contributed by atoms with E-state index in [1.54, 1.807) is 25.1 Å². The zero-order chi connectivity index (χ0) is 19.8. The minimum absolute atomic E-state index is 0.115. The van der Waals surface area contributed by atoms with Crippen LogP contribution in [0.3, 0.4) is 0 Å². The maximum atomic E-state index is 12.2. The third kappa shape index (κ3) is 5.21. The van der Waals surface area contributed by atoms with Gasteiger partial charge in [-0.25, -0.2) is 9.78 Å². The Morgan fingerprint density at radius 3 is 2.56 bits per heavy atom. The van der Waals surface area contributed by atoms with Crippen molar-refractivity contribution in [3.8, 4) is 11.5 Å². The molecule has 0 aliphatic rings. The van der Waals surface area contributed by atoms with Crippen molar-refractivity contribution < 1.29 is 24.1 Å². The second kappa shape index (κ2) is 9.59. The third-order valence-corrected chi connectivity index (χ3v) is 3.68. The highest BCUT2D eigenvalue weighted by molar-refractivity contribution is 6.29. The molecule has 0 bridgehead atoms. The van der Waals surface area contributed by atoms with Crippen molar-refractivity contribution in [2.75, 3.05) is 20.8 Å². The predicted molar refractivity (Wildman–Crippen MR) is 103 cm³/mol. The van der Waals surface area contributed by atoms with Gasteiger partial charge >= 0.3 is 5.97 Å². The molecule has 0 saturated heterocycles. The molecule has 0 fully saturated rings. The smallest absolute Gasteiger partial charge is 0.343 e. The maximum Gasteiger partial charge on any atom is 0.343 e. The number of pyridine rings is 1. The first kappa shape index (κ1) is 20.3. The minimum atomic E-state index is -0.714.